The normalized spacial score (nSPS) is 33.1. The van der Waals surface area contributed by atoms with Crippen molar-refractivity contribution in [1.29, 1.82) is 0 Å². The second-order valence-electron chi connectivity index (χ2n) is 6.04. The molecule has 5 heteroatoms. The molecule has 2 rings (SSSR count). The molecule has 4 nitrogen and oxygen atoms in total. The first-order chi connectivity index (χ1) is 9.05. The minimum Gasteiger partial charge on any atom is -0.396 e. The van der Waals surface area contributed by atoms with Crippen molar-refractivity contribution in [1.82, 2.24) is 5.32 Å². The molecule has 2 aliphatic rings. The fourth-order valence-electron chi connectivity index (χ4n) is 2.96. The van der Waals surface area contributed by atoms with Gasteiger partial charge in [0.1, 0.15) is 0 Å². The Morgan fingerprint density at radius 1 is 1.53 bits per heavy atom. The minimum atomic E-state index is -0.476. The summed E-state index contributed by atoms with van der Waals surface area (Å²) in [5.74, 6) is -0.181. The molecule has 110 valence electrons. The van der Waals surface area contributed by atoms with E-state index in [4.69, 9.17) is 10.8 Å². The van der Waals surface area contributed by atoms with E-state index in [0.29, 0.717) is 16.5 Å². The maximum Gasteiger partial charge on any atom is 0.237 e. The molecule has 4 N–H and O–H groups in total. The summed E-state index contributed by atoms with van der Waals surface area (Å²) in [6.45, 7) is 2.39. The van der Waals surface area contributed by atoms with Crippen LogP contribution in [-0.4, -0.2) is 39.7 Å². The fraction of sp³-hybridized carbons (Fsp3) is 0.929. The molecular formula is C14H26N2O2S. The van der Waals surface area contributed by atoms with Gasteiger partial charge in [-0.3, -0.25) is 4.79 Å². The first kappa shape index (κ1) is 15.1. The van der Waals surface area contributed by atoms with Gasteiger partial charge < -0.3 is 16.2 Å². The Morgan fingerprint density at radius 2 is 2.26 bits per heavy atom. The Morgan fingerprint density at radius 3 is 2.84 bits per heavy atom. The molecule has 2 saturated carbocycles. The van der Waals surface area contributed by atoms with Crippen LogP contribution in [0.5, 0.6) is 0 Å². The van der Waals surface area contributed by atoms with Gasteiger partial charge in [-0.2, -0.15) is 11.8 Å². The maximum absolute atomic E-state index is 11.9. The van der Waals surface area contributed by atoms with E-state index in [1.54, 1.807) is 0 Å². The van der Waals surface area contributed by atoms with Crippen LogP contribution in [0, 0.1) is 0 Å². The monoisotopic (exact) mass is 286 g/mol. The first-order valence-corrected chi connectivity index (χ1v) is 8.34. The fourth-order valence-corrected chi connectivity index (χ4v) is 4.55. The summed E-state index contributed by atoms with van der Waals surface area (Å²) < 4.78 is 0. The molecule has 0 heterocycles. The predicted octanol–water partition coefficient (Wildman–Crippen LogP) is 1.41. The molecule has 0 aromatic heterocycles. The summed E-state index contributed by atoms with van der Waals surface area (Å²) in [6, 6.07) is 0.506. The van der Waals surface area contributed by atoms with Gasteiger partial charge in [-0.15, -0.1) is 0 Å². The topological polar surface area (TPSA) is 75.3 Å². The van der Waals surface area contributed by atoms with Crippen LogP contribution in [0.1, 0.15) is 51.9 Å². The zero-order valence-electron chi connectivity index (χ0n) is 11.7. The first-order valence-electron chi connectivity index (χ1n) is 7.39. The Kier molecular flexibility index (Phi) is 5.15. The zero-order chi connectivity index (χ0) is 13.9. The molecule has 0 aromatic carbocycles. The third-order valence-electron chi connectivity index (χ3n) is 4.20. The van der Waals surface area contributed by atoms with Crippen molar-refractivity contribution < 1.29 is 9.90 Å². The molecule has 0 radical (unpaired) electrons. The van der Waals surface area contributed by atoms with Gasteiger partial charge in [0.05, 0.1) is 5.54 Å². The third kappa shape index (κ3) is 4.10. The molecule has 1 amide bonds. The maximum atomic E-state index is 11.9. The van der Waals surface area contributed by atoms with Crippen molar-refractivity contribution in [3.63, 3.8) is 0 Å². The molecule has 19 heavy (non-hydrogen) atoms. The quantitative estimate of drug-likeness (QED) is 0.661. The number of carbonyl (C=O) groups excluding carboxylic acids is 1. The highest BCUT2D eigenvalue weighted by atomic mass is 32.2. The summed E-state index contributed by atoms with van der Waals surface area (Å²) in [7, 11) is 0. The molecule has 0 saturated heterocycles. The van der Waals surface area contributed by atoms with E-state index in [2.05, 4.69) is 12.2 Å². The van der Waals surface area contributed by atoms with Gasteiger partial charge >= 0.3 is 0 Å². The SMILES string of the molecule is CC(CCO)SC1CCCC(NC2CC2)(C(N)=O)C1. The second-order valence-corrected chi connectivity index (χ2v) is 7.79. The molecule has 2 fully saturated rings. The lowest BCUT2D eigenvalue weighted by Crippen LogP contribution is -2.59. The lowest BCUT2D eigenvalue weighted by atomic mass is 9.80. The number of carbonyl (C=O) groups is 1. The standard InChI is InChI=1S/C14H26N2O2S/c1-10(6-8-17)19-12-3-2-7-14(9-12,13(15)18)16-11-4-5-11/h10-12,16-17H,2-9H2,1H3,(H2,15,18). The second kappa shape index (κ2) is 6.46. The van der Waals surface area contributed by atoms with Gasteiger partial charge in [-0.25, -0.2) is 0 Å². The summed E-state index contributed by atoms with van der Waals surface area (Å²) in [5, 5.41) is 13.4. The molecule has 0 aromatic rings. The smallest absolute Gasteiger partial charge is 0.237 e. The van der Waals surface area contributed by atoms with E-state index in [9.17, 15) is 4.79 Å². The summed E-state index contributed by atoms with van der Waals surface area (Å²) >= 11 is 1.90. The number of aliphatic hydroxyl groups excluding tert-OH is 1. The van der Waals surface area contributed by atoms with Crippen molar-refractivity contribution in [3.8, 4) is 0 Å². The number of primary amides is 1. The van der Waals surface area contributed by atoms with Crippen LogP contribution in [0.3, 0.4) is 0 Å². The number of nitrogens with two attached hydrogens (primary N) is 1. The lowest BCUT2D eigenvalue weighted by molar-refractivity contribution is -0.125. The predicted molar refractivity (Wildman–Crippen MR) is 79.1 cm³/mol. The Labute approximate surface area is 119 Å². The zero-order valence-corrected chi connectivity index (χ0v) is 12.5. The Bertz CT molecular complexity index is 323. The third-order valence-corrected chi connectivity index (χ3v) is 5.68. The highest BCUT2D eigenvalue weighted by molar-refractivity contribution is 8.00. The van der Waals surface area contributed by atoms with Crippen LogP contribution in [-0.2, 0) is 4.79 Å². The van der Waals surface area contributed by atoms with E-state index in [1.807, 2.05) is 11.8 Å². The molecular weight excluding hydrogens is 260 g/mol. The highest BCUT2D eigenvalue weighted by Gasteiger charge is 2.44. The average molecular weight is 286 g/mol. The molecule has 3 atom stereocenters. The number of rotatable bonds is 7. The van der Waals surface area contributed by atoms with Crippen LogP contribution in [0.2, 0.25) is 0 Å². The molecule has 0 bridgehead atoms. The van der Waals surface area contributed by atoms with Crippen LogP contribution in [0.4, 0.5) is 0 Å². The number of amides is 1. The van der Waals surface area contributed by atoms with Gasteiger partial charge in [0, 0.05) is 23.1 Å². The van der Waals surface area contributed by atoms with Crippen molar-refractivity contribution >= 4 is 17.7 Å². The van der Waals surface area contributed by atoms with Gasteiger partial charge in [0.2, 0.25) is 5.91 Å². The summed E-state index contributed by atoms with van der Waals surface area (Å²) in [5.41, 5.74) is 5.20. The minimum absolute atomic E-state index is 0.181. The van der Waals surface area contributed by atoms with Crippen molar-refractivity contribution in [2.45, 2.75) is 74.0 Å². The van der Waals surface area contributed by atoms with E-state index < -0.39 is 5.54 Å². The van der Waals surface area contributed by atoms with Crippen LogP contribution in [0.25, 0.3) is 0 Å². The van der Waals surface area contributed by atoms with E-state index >= 15 is 0 Å². The lowest BCUT2D eigenvalue weighted by Gasteiger charge is -2.40. The number of hydrogen-bond acceptors (Lipinski definition) is 4. The van der Waals surface area contributed by atoms with E-state index in [0.717, 1.165) is 32.1 Å². The number of nitrogens with one attached hydrogen (secondary N) is 1. The summed E-state index contributed by atoms with van der Waals surface area (Å²) in [4.78, 5) is 11.9. The van der Waals surface area contributed by atoms with Gasteiger partial charge in [0.25, 0.3) is 0 Å². The largest absolute Gasteiger partial charge is 0.396 e. The van der Waals surface area contributed by atoms with Gasteiger partial charge in [-0.05, 0) is 44.9 Å². The van der Waals surface area contributed by atoms with Crippen LogP contribution < -0.4 is 11.1 Å². The van der Waals surface area contributed by atoms with Crippen molar-refractivity contribution in [3.05, 3.63) is 0 Å². The van der Waals surface area contributed by atoms with Crippen LogP contribution >= 0.6 is 11.8 Å². The van der Waals surface area contributed by atoms with Crippen molar-refractivity contribution in [2.24, 2.45) is 5.73 Å². The number of aliphatic hydroxyl groups is 1. The molecule has 0 aliphatic heterocycles. The number of thioether (sulfide) groups is 1. The Balaban J connectivity index is 1.94. The summed E-state index contributed by atoms with van der Waals surface area (Å²) in [6.07, 6.45) is 7.11. The number of hydrogen-bond donors (Lipinski definition) is 3. The highest BCUT2D eigenvalue weighted by Crippen LogP contribution is 2.39. The Hall–Kier alpha value is -0.260. The average Bonchev–Trinajstić information content (AvgIpc) is 3.13. The molecule has 2 aliphatic carbocycles. The van der Waals surface area contributed by atoms with Crippen molar-refractivity contribution in [2.75, 3.05) is 6.61 Å². The van der Waals surface area contributed by atoms with E-state index in [-0.39, 0.29) is 12.5 Å². The van der Waals surface area contributed by atoms with E-state index in [1.165, 1.54) is 12.8 Å². The molecule has 3 unspecified atom stereocenters. The van der Waals surface area contributed by atoms with Gasteiger partial charge in [-0.1, -0.05) is 6.92 Å². The van der Waals surface area contributed by atoms with Gasteiger partial charge in [0.15, 0.2) is 0 Å². The van der Waals surface area contributed by atoms with Crippen LogP contribution in [0.15, 0.2) is 0 Å². The molecule has 0 spiro atoms.